The lowest BCUT2D eigenvalue weighted by atomic mass is 9.87. The zero-order chi connectivity index (χ0) is 17.2. The Hall–Kier alpha value is -2.62. The van der Waals surface area contributed by atoms with Crippen LogP contribution in [0.2, 0.25) is 0 Å². The van der Waals surface area contributed by atoms with Crippen LogP contribution in [0.5, 0.6) is 0 Å². The van der Waals surface area contributed by atoms with Gasteiger partial charge in [0.15, 0.2) is 6.54 Å². The number of para-hydroxylation sites is 1. The molecule has 0 radical (unpaired) electrons. The number of rotatable bonds is 3. The fraction of sp³-hybridized carbons (Fsp3) is 0.300. The summed E-state index contributed by atoms with van der Waals surface area (Å²) in [5.41, 5.74) is 4.30. The number of carbonyl (C=O) groups is 1. The van der Waals surface area contributed by atoms with Gasteiger partial charge in [-0.25, -0.2) is 0 Å². The molecule has 0 spiro atoms. The first-order valence-electron chi connectivity index (χ1n) is 8.27. The normalized spacial score (nSPS) is 17.0. The minimum Gasteiger partial charge on any atom is -0.322 e. The van der Waals surface area contributed by atoms with E-state index in [2.05, 4.69) is 47.7 Å². The highest BCUT2D eigenvalue weighted by molar-refractivity contribution is 5.98. The molecule has 3 rings (SSSR count). The van der Waals surface area contributed by atoms with Gasteiger partial charge in [0.05, 0.1) is 5.56 Å². The fourth-order valence-corrected chi connectivity index (χ4v) is 3.06. The SMILES string of the molecule is Cc1ccccc1NC(=O)C[NH+]=C1NC(C)(C)Cc2ccccc21. The molecule has 0 aliphatic carbocycles. The van der Waals surface area contributed by atoms with Crippen LogP contribution in [0.3, 0.4) is 0 Å². The largest absolute Gasteiger partial charge is 0.322 e. The lowest BCUT2D eigenvalue weighted by Crippen LogP contribution is -2.80. The summed E-state index contributed by atoms with van der Waals surface area (Å²) in [6.07, 6.45) is 0.962. The molecule has 2 aromatic rings. The van der Waals surface area contributed by atoms with Gasteiger partial charge in [-0.1, -0.05) is 36.4 Å². The monoisotopic (exact) mass is 322 g/mol. The number of nitrogens with one attached hydrogen (secondary N) is 3. The molecule has 0 saturated carbocycles. The van der Waals surface area contributed by atoms with E-state index < -0.39 is 0 Å². The van der Waals surface area contributed by atoms with Crippen molar-refractivity contribution < 1.29 is 9.79 Å². The Kier molecular flexibility index (Phi) is 4.38. The van der Waals surface area contributed by atoms with Gasteiger partial charge in [0.1, 0.15) is 5.54 Å². The Labute approximate surface area is 143 Å². The van der Waals surface area contributed by atoms with Crippen molar-refractivity contribution in [2.75, 3.05) is 11.9 Å². The summed E-state index contributed by atoms with van der Waals surface area (Å²) in [4.78, 5) is 15.5. The van der Waals surface area contributed by atoms with Crippen molar-refractivity contribution in [1.82, 2.24) is 5.32 Å². The van der Waals surface area contributed by atoms with Gasteiger partial charge in [-0.15, -0.1) is 0 Å². The second-order valence-corrected chi connectivity index (χ2v) is 6.93. The Morgan fingerprint density at radius 1 is 1.17 bits per heavy atom. The molecule has 0 aromatic heterocycles. The molecule has 0 fully saturated rings. The van der Waals surface area contributed by atoms with Crippen LogP contribution in [0.25, 0.3) is 0 Å². The van der Waals surface area contributed by atoms with Crippen molar-refractivity contribution in [3.05, 3.63) is 65.2 Å². The molecule has 4 nitrogen and oxygen atoms in total. The Bertz CT molecular complexity index is 793. The van der Waals surface area contributed by atoms with Crippen molar-refractivity contribution in [3.63, 3.8) is 0 Å². The number of carbonyl (C=O) groups excluding carboxylic acids is 1. The average Bonchev–Trinajstić information content (AvgIpc) is 2.54. The van der Waals surface area contributed by atoms with E-state index in [4.69, 9.17) is 0 Å². The lowest BCUT2D eigenvalue weighted by Gasteiger charge is -2.29. The van der Waals surface area contributed by atoms with E-state index in [-0.39, 0.29) is 18.0 Å². The van der Waals surface area contributed by atoms with Crippen molar-refractivity contribution in [2.45, 2.75) is 32.7 Å². The summed E-state index contributed by atoms with van der Waals surface area (Å²) in [6, 6.07) is 16.1. The molecular formula is C20H24N3O+. The van der Waals surface area contributed by atoms with E-state index in [1.165, 1.54) is 5.56 Å². The minimum atomic E-state index is -0.0561. The van der Waals surface area contributed by atoms with Crippen LogP contribution in [-0.2, 0) is 11.2 Å². The average molecular weight is 322 g/mol. The number of aryl methyl sites for hydroxylation is 1. The minimum absolute atomic E-state index is 0.0385. The van der Waals surface area contributed by atoms with Gasteiger partial charge in [0.25, 0.3) is 11.7 Å². The number of amides is 1. The van der Waals surface area contributed by atoms with Gasteiger partial charge in [0, 0.05) is 12.1 Å². The summed E-state index contributed by atoms with van der Waals surface area (Å²) in [7, 11) is 0. The third-order valence-corrected chi connectivity index (χ3v) is 4.23. The number of amidine groups is 1. The van der Waals surface area contributed by atoms with Crippen LogP contribution >= 0.6 is 0 Å². The highest BCUT2D eigenvalue weighted by Crippen LogP contribution is 2.21. The molecule has 0 unspecified atom stereocenters. The third kappa shape index (κ3) is 3.65. The van der Waals surface area contributed by atoms with E-state index in [1.807, 2.05) is 37.3 Å². The Morgan fingerprint density at radius 2 is 1.88 bits per heavy atom. The van der Waals surface area contributed by atoms with E-state index >= 15 is 0 Å². The van der Waals surface area contributed by atoms with Crippen LogP contribution in [0.4, 0.5) is 5.69 Å². The number of hydrogen-bond donors (Lipinski definition) is 3. The topological polar surface area (TPSA) is 55.1 Å². The first-order chi connectivity index (χ1) is 11.4. The van der Waals surface area contributed by atoms with Crippen molar-refractivity contribution >= 4 is 17.4 Å². The van der Waals surface area contributed by atoms with Crippen LogP contribution in [0.1, 0.15) is 30.5 Å². The van der Waals surface area contributed by atoms with Crippen LogP contribution < -0.4 is 15.6 Å². The molecule has 124 valence electrons. The number of anilines is 1. The Balaban J connectivity index is 1.76. The molecule has 0 saturated heterocycles. The predicted octanol–water partition coefficient (Wildman–Crippen LogP) is 1.39. The molecule has 0 atom stereocenters. The fourth-order valence-electron chi connectivity index (χ4n) is 3.06. The lowest BCUT2D eigenvalue weighted by molar-refractivity contribution is -0.445. The first kappa shape index (κ1) is 16.2. The van der Waals surface area contributed by atoms with Crippen molar-refractivity contribution in [1.29, 1.82) is 0 Å². The van der Waals surface area contributed by atoms with Crippen LogP contribution in [-0.4, -0.2) is 23.8 Å². The van der Waals surface area contributed by atoms with E-state index in [1.54, 1.807) is 0 Å². The quantitative estimate of drug-likeness (QED) is 0.800. The number of benzene rings is 2. The highest BCUT2D eigenvalue weighted by atomic mass is 16.1. The van der Waals surface area contributed by atoms with E-state index in [9.17, 15) is 4.79 Å². The molecule has 0 bridgehead atoms. The van der Waals surface area contributed by atoms with Crippen molar-refractivity contribution in [2.24, 2.45) is 0 Å². The summed E-state index contributed by atoms with van der Waals surface area (Å²) in [5.74, 6) is 0.862. The van der Waals surface area contributed by atoms with Gasteiger partial charge in [-0.2, -0.15) is 0 Å². The zero-order valence-corrected chi connectivity index (χ0v) is 14.4. The molecule has 4 heteroatoms. The maximum Gasteiger partial charge on any atom is 0.276 e. The summed E-state index contributed by atoms with van der Waals surface area (Å²) in [6.45, 7) is 6.54. The molecule has 24 heavy (non-hydrogen) atoms. The van der Waals surface area contributed by atoms with Gasteiger partial charge >= 0.3 is 0 Å². The van der Waals surface area contributed by atoms with Crippen LogP contribution in [0, 0.1) is 6.92 Å². The molecule has 1 aliphatic heterocycles. The molecule has 1 aliphatic rings. The molecule has 1 heterocycles. The van der Waals surface area contributed by atoms with E-state index in [0.717, 1.165) is 29.1 Å². The van der Waals surface area contributed by atoms with Crippen LogP contribution in [0.15, 0.2) is 48.5 Å². The highest BCUT2D eigenvalue weighted by Gasteiger charge is 2.33. The first-order valence-corrected chi connectivity index (χ1v) is 8.27. The van der Waals surface area contributed by atoms with Gasteiger partial charge in [-0.3, -0.25) is 15.1 Å². The maximum atomic E-state index is 12.3. The summed E-state index contributed by atoms with van der Waals surface area (Å²) in [5, 5.41) is 6.46. The maximum absolute atomic E-state index is 12.3. The zero-order valence-electron chi connectivity index (χ0n) is 14.4. The molecule has 1 amide bonds. The number of fused-ring (bicyclic) bond motifs is 1. The summed E-state index contributed by atoms with van der Waals surface area (Å²) < 4.78 is 0. The molecule has 3 N–H and O–H groups in total. The van der Waals surface area contributed by atoms with Gasteiger partial charge in [-0.05, 0) is 44.0 Å². The molecular weight excluding hydrogens is 298 g/mol. The third-order valence-electron chi connectivity index (χ3n) is 4.23. The van der Waals surface area contributed by atoms with Gasteiger partial charge < -0.3 is 5.32 Å². The second-order valence-electron chi connectivity index (χ2n) is 6.93. The van der Waals surface area contributed by atoms with Crippen molar-refractivity contribution in [3.8, 4) is 0 Å². The smallest absolute Gasteiger partial charge is 0.276 e. The predicted molar refractivity (Wildman–Crippen MR) is 97.1 cm³/mol. The van der Waals surface area contributed by atoms with Gasteiger partial charge in [0.2, 0.25) is 0 Å². The second kappa shape index (κ2) is 6.48. The number of hydrogen-bond acceptors (Lipinski definition) is 1. The Morgan fingerprint density at radius 3 is 2.67 bits per heavy atom. The molecule has 2 aromatic carbocycles. The standard InChI is InChI=1S/C20H23N3O/c1-14-8-4-7-11-17(14)22-18(24)13-21-19-16-10-6-5-9-15(16)12-20(2,3)23-19/h4-11H,12-13H2,1-3H3,(H,21,23)(H,22,24)/p+1. The van der Waals surface area contributed by atoms with E-state index in [0.29, 0.717) is 0 Å². The summed E-state index contributed by atoms with van der Waals surface area (Å²) >= 11 is 0.